The van der Waals surface area contributed by atoms with Crippen LogP contribution >= 0.6 is 23.2 Å². The quantitative estimate of drug-likeness (QED) is 0.696. The first kappa shape index (κ1) is 19.1. The topological polar surface area (TPSA) is 70.2 Å². The summed E-state index contributed by atoms with van der Waals surface area (Å²) in [6, 6.07) is 13.6. The zero-order valence-corrected chi connectivity index (χ0v) is 15.2. The lowest BCUT2D eigenvalue weighted by Gasteiger charge is -2.16. The second-order valence-corrected chi connectivity index (χ2v) is 6.30. The summed E-state index contributed by atoms with van der Waals surface area (Å²) in [4.78, 5) is 23.7. The Morgan fingerprint density at radius 1 is 1.08 bits per heavy atom. The van der Waals surface area contributed by atoms with E-state index >= 15 is 0 Å². The van der Waals surface area contributed by atoms with Crippen molar-refractivity contribution in [1.82, 2.24) is 10.6 Å². The Morgan fingerprint density at radius 3 is 2.48 bits per heavy atom. The number of nitrogens with one attached hydrogen (secondary N) is 3. The van der Waals surface area contributed by atoms with Crippen LogP contribution < -0.4 is 16.0 Å². The molecule has 0 radical (unpaired) electrons. The van der Waals surface area contributed by atoms with Crippen LogP contribution in [0.1, 0.15) is 24.9 Å². The molecule has 132 valence electrons. The summed E-state index contributed by atoms with van der Waals surface area (Å²) in [5.41, 5.74) is 1.48. The number of benzene rings is 2. The van der Waals surface area contributed by atoms with Crippen molar-refractivity contribution in [2.75, 3.05) is 11.9 Å². The number of rotatable bonds is 6. The van der Waals surface area contributed by atoms with Gasteiger partial charge in [0, 0.05) is 28.7 Å². The molecule has 7 heteroatoms. The van der Waals surface area contributed by atoms with Gasteiger partial charge in [-0.1, -0.05) is 47.5 Å². The highest BCUT2D eigenvalue weighted by Crippen LogP contribution is 2.26. The number of urea groups is 1. The average molecular weight is 380 g/mol. The van der Waals surface area contributed by atoms with E-state index in [0.717, 1.165) is 5.56 Å². The van der Waals surface area contributed by atoms with E-state index in [0.29, 0.717) is 15.7 Å². The summed E-state index contributed by atoms with van der Waals surface area (Å²) in [6.07, 6.45) is 0.164. The highest BCUT2D eigenvalue weighted by atomic mass is 35.5. The number of hydrogen-bond acceptors (Lipinski definition) is 2. The molecule has 0 aliphatic rings. The Hall–Kier alpha value is -2.24. The fraction of sp³-hybridized carbons (Fsp3) is 0.222. The van der Waals surface area contributed by atoms with E-state index in [-0.39, 0.29) is 30.9 Å². The third-order valence-electron chi connectivity index (χ3n) is 3.48. The van der Waals surface area contributed by atoms with Crippen molar-refractivity contribution in [2.24, 2.45) is 0 Å². The fourth-order valence-corrected chi connectivity index (χ4v) is 2.80. The summed E-state index contributed by atoms with van der Waals surface area (Å²) >= 11 is 12.0. The highest BCUT2D eigenvalue weighted by Gasteiger charge is 2.13. The number of para-hydroxylation sites is 1. The van der Waals surface area contributed by atoms with Gasteiger partial charge in [-0.05, 0) is 36.8 Å². The molecule has 0 aromatic heterocycles. The minimum Gasteiger partial charge on any atom is -0.349 e. The number of carbonyl (C=O) groups excluding carboxylic acids is 2. The standard InChI is InChI=1S/C18H19Cl2N3O2/c1-12(15-8-7-13(19)11-16(15)20)22-17(24)9-10-21-18(25)23-14-5-3-2-4-6-14/h2-8,11-12H,9-10H2,1H3,(H,22,24)(H2,21,23,25)/t12-/m0/s1. The first-order valence-electron chi connectivity index (χ1n) is 7.80. The van der Waals surface area contributed by atoms with Gasteiger partial charge in [-0.2, -0.15) is 0 Å². The van der Waals surface area contributed by atoms with Crippen molar-refractivity contribution in [3.63, 3.8) is 0 Å². The molecule has 3 N–H and O–H groups in total. The van der Waals surface area contributed by atoms with E-state index in [4.69, 9.17) is 23.2 Å². The molecule has 2 aromatic rings. The maximum absolute atomic E-state index is 12.0. The molecule has 2 aromatic carbocycles. The smallest absolute Gasteiger partial charge is 0.319 e. The van der Waals surface area contributed by atoms with Gasteiger partial charge in [-0.25, -0.2) is 4.79 Å². The van der Waals surface area contributed by atoms with Gasteiger partial charge in [0.05, 0.1) is 6.04 Å². The molecule has 0 aliphatic heterocycles. The first-order chi connectivity index (χ1) is 12.0. The van der Waals surface area contributed by atoms with Crippen LogP contribution in [0, 0.1) is 0 Å². The van der Waals surface area contributed by atoms with Crippen molar-refractivity contribution >= 4 is 40.8 Å². The van der Waals surface area contributed by atoms with Crippen LogP contribution in [0.5, 0.6) is 0 Å². The number of hydrogen-bond donors (Lipinski definition) is 3. The molecule has 0 unspecified atom stereocenters. The van der Waals surface area contributed by atoms with Crippen LogP contribution in [0.3, 0.4) is 0 Å². The number of halogens is 2. The third kappa shape index (κ3) is 6.29. The number of carbonyl (C=O) groups is 2. The van der Waals surface area contributed by atoms with Gasteiger partial charge in [0.25, 0.3) is 0 Å². The van der Waals surface area contributed by atoms with Crippen molar-refractivity contribution < 1.29 is 9.59 Å². The number of amides is 3. The largest absolute Gasteiger partial charge is 0.349 e. The van der Waals surface area contributed by atoms with Gasteiger partial charge in [0.15, 0.2) is 0 Å². The lowest BCUT2D eigenvalue weighted by atomic mass is 10.1. The molecule has 0 aliphatic carbocycles. The van der Waals surface area contributed by atoms with Gasteiger partial charge < -0.3 is 16.0 Å². The maximum Gasteiger partial charge on any atom is 0.319 e. The molecule has 1 atom stereocenters. The van der Waals surface area contributed by atoms with E-state index < -0.39 is 0 Å². The third-order valence-corrected chi connectivity index (χ3v) is 4.04. The van der Waals surface area contributed by atoms with E-state index in [9.17, 15) is 9.59 Å². The molecule has 0 spiro atoms. The molecule has 0 heterocycles. The molecule has 0 saturated heterocycles. The molecule has 2 rings (SSSR count). The average Bonchev–Trinajstić information content (AvgIpc) is 2.55. The first-order valence-corrected chi connectivity index (χ1v) is 8.55. The van der Waals surface area contributed by atoms with Crippen molar-refractivity contribution in [2.45, 2.75) is 19.4 Å². The fourth-order valence-electron chi connectivity index (χ4n) is 2.23. The summed E-state index contributed by atoms with van der Waals surface area (Å²) in [5, 5.41) is 9.21. The van der Waals surface area contributed by atoms with Crippen LogP contribution in [0.4, 0.5) is 10.5 Å². The minimum absolute atomic E-state index is 0.164. The van der Waals surface area contributed by atoms with Gasteiger partial charge >= 0.3 is 6.03 Å². The maximum atomic E-state index is 12.0. The number of anilines is 1. The van der Waals surface area contributed by atoms with Crippen LogP contribution in [-0.4, -0.2) is 18.5 Å². The zero-order chi connectivity index (χ0) is 18.2. The Balaban J connectivity index is 1.74. The highest BCUT2D eigenvalue weighted by molar-refractivity contribution is 6.35. The monoisotopic (exact) mass is 379 g/mol. The molecular weight excluding hydrogens is 361 g/mol. The van der Waals surface area contributed by atoms with Crippen molar-refractivity contribution in [3.05, 3.63) is 64.1 Å². The Bertz CT molecular complexity index is 738. The predicted molar refractivity (Wildman–Crippen MR) is 101 cm³/mol. The Morgan fingerprint density at radius 2 is 1.80 bits per heavy atom. The van der Waals surface area contributed by atoms with E-state index in [1.54, 1.807) is 30.3 Å². The second-order valence-electron chi connectivity index (χ2n) is 5.45. The van der Waals surface area contributed by atoms with E-state index in [1.807, 2.05) is 25.1 Å². The zero-order valence-electron chi connectivity index (χ0n) is 13.7. The molecule has 3 amide bonds. The molecule has 25 heavy (non-hydrogen) atoms. The van der Waals surface area contributed by atoms with E-state index in [2.05, 4.69) is 16.0 Å². The lowest BCUT2D eigenvalue weighted by molar-refractivity contribution is -0.121. The molecule has 0 saturated carbocycles. The second kappa shape index (κ2) is 9.30. The molecule has 0 bridgehead atoms. The van der Waals surface area contributed by atoms with Gasteiger partial charge in [0.1, 0.15) is 0 Å². The van der Waals surface area contributed by atoms with Gasteiger partial charge in [-0.15, -0.1) is 0 Å². The Kier molecular flexibility index (Phi) is 7.10. The lowest BCUT2D eigenvalue weighted by Crippen LogP contribution is -2.34. The molecular formula is C18H19Cl2N3O2. The SMILES string of the molecule is C[C@H](NC(=O)CCNC(=O)Nc1ccccc1)c1ccc(Cl)cc1Cl. The van der Waals surface area contributed by atoms with Crippen molar-refractivity contribution in [1.29, 1.82) is 0 Å². The van der Waals surface area contributed by atoms with E-state index in [1.165, 1.54) is 0 Å². The van der Waals surface area contributed by atoms with Gasteiger partial charge in [0.2, 0.25) is 5.91 Å². The summed E-state index contributed by atoms with van der Waals surface area (Å²) in [5.74, 6) is -0.182. The summed E-state index contributed by atoms with van der Waals surface area (Å²) in [7, 11) is 0. The van der Waals surface area contributed by atoms with Crippen LogP contribution in [0.25, 0.3) is 0 Å². The molecule has 5 nitrogen and oxygen atoms in total. The van der Waals surface area contributed by atoms with Gasteiger partial charge in [-0.3, -0.25) is 4.79 Å². The van der Waals surface area contributed by atoms with Crippen molar-refractivity contribution in [3.8, 4) is 0 Å². The van der Waals surface area contributed by atoms with Crippen LogP contribution in [0.15, 0.2) is 48.5 Å². The predicted octanol–water partition coefficient (Wildman–Crippen LogP) is 4.38. The Labute approximate surface area is 156 Å². The molecule has 0 fully saturated rings. The van der Waals surface area contributed by atoms with Crippen LogP contribution in [-0.2, 0) is 4.79 Å². The summed E-state index contributed by atoms with van der Waals surface area (Å²) < 4.78 is 0. The normalized spacial score (nSPS) is 11.5. The summed E-state index contributed by atoms with van der Waals surface area (Å²) in [6.45, 7) is 2.06. The van der Waals surface area contributed by atoms with Crippen LogP contribution in [0.2, 0.25) is 10.0 Å². The minimum atomic E-state index is -0.354.